The Morgan fingerprint density at radius 2 is 2.00 bits per heavy atom. The molecule has 0 fully saturated rings. The summed E-state index contributed by atoms with van der Waals surface area (Å²) in [5.41, 5.74) is 0.903. The molecular formula is C19H30O4. The van der Waals surface area contributed by atoms with Crippen LogP contribution in [0.1, 0.15) is 64.4 Å². The van der Waals surface area contributed by atoms with E-state index in [9.17, 15) is 15.0 Å². The summed E-state index contributed by atoms with van der Waals surface area (Å²) in [6.07, 6.45) is 5.43. The molecular weight excluding hydrogens is 292 g/mol. The summed E-state index contributed by atoms with van der Waals surface area (Å²) in [5.74, 6) is 0.663. The van der Waals surface area contributed by atoms with Gasteiger partial charge in [-0.05, 0) is 37.0 Å². The number of phenolic OH excluding ortho intramolecular Hbond substituents is 1. The number of unbranched alkanes of at least 4 members (excludes halogenated alkanes) is 2. The van der Waals surface area contributed by atoms with E-state index in [1.54, 1.807) is 12.1 Å². The molecule has 0 radical (unpaired) electrons. The average Bonchev–Trinajstić information content (AvgIpc) is 2.52. The summed E-state index contributed by atoms with van der Waals surface area (Å²) < 4.78 is 5.42. The van der Waals surface area contributed by atoms with Crippen LogP contribution in [0.5, 0.6) is 11.5 Å². The number of aromatic hydroxyl groups is 1. The van der Waals surface area contributed by atoms with Crippen molar-refractivity contribution in [3.63, 3.8) is 0 Å². The van der Waals surface area contributed by atoms with Crippen molar-refractivity contribution in [2.75, 3.05) is 6.61 Å². The number of ketones is 1. The molecule has 0 aromatic heterocycles. The van der Waals surface area contributed by atoms with Crippen LogP contribution >= 0.6 is 0 Å². The van der Waals surface area contributed by atoms with E-state index >= 15 is 0 Å². The lowest BCUT2D eigenvalue weighted by molar-refractivity contribution is -0.121. The molecule has 0 aliphatic heterocycles. The third-order valence-corrected chi connectivity index (χ3v) is 3.78. The number of carbonyl (C=O) groups excluding carboxylic acids is 1. The van der Waals surface area contributed by atoms with Gasteiger partial charge in [-0.1, -0.05) is 39.2 Å². The predicted octanol–water partition coefficient (Wildman–Crippen LogP) is 4.01. The maximum Gasteiger partial charge on any atom is 0.160 e. The minimum absolute atomic E-state index is 0.0693. The topological polar surface area (TPSA) is 66.8 Å². The molecule has 0 bridgehead atoms. The second-order valence-electron chi connectivity index (χ2n) is 6.04. The second-order valence-corrected chi connectivity index (χ2v) is 6.04. The zero-order chi connectivity index (χ0) is 17.1. The van der Waals surface area contributed by atoms with E-state index in [1.807, 2.05) is 13.0 Å². The number of phenols is 1. The van der Waals surface area contributed by atoms with Crippen molar-refractivity contribution in [1.29, 1.82) is 0 Å². The predicted molar refractivity (Wildman–Crippen MR) is 92.0 cm³/mol. The van der Waals surface area contributed by atoms with Gasteiger partial charge in [-0.25, -0.2) is 0 Å². The zero-order valence-corrected chi connectivity index (χ0v) is 14.4. The van der Waals surface area contributed by atoms with Crippen LogP contribution in [0, 0.1) is 0 Å². The molecule has 4 nitrogen and oxygen atoms in total. The first-order valence-corrected chi connectivity index (χ1v) is 8.71. The standard InChI is InChI=1S/C19H30O4/c1-3-5-6-7-16(20)14-17(21)10-8-15-9-11-19(18(22)13-15)23-12-4-2/h9,11,13,16,20,22H,3-8,10,12,14H2,1-2H3. The Balaban J connectivity index is 2.36. The highest BCUT2D eigenvalue weighted by atomic mass is 16.5. The molecule has 23 heavy (non-hydrogen) atoms. The van der Waals surface area contributed by atoms with Crippen molar-refractivity contribution in [3.8, 4) is 11.5 Å². The number of aliphatic hydroxyl groups is 1. The first-order chi connectivity index (χ1) is 11.1. The van der Waals surface area contributed by atoms with Gasteiger partial charge in [0.2, 0.25) is 0 Å². The Labute approximate surface area is 139 Å². The van der Waals surface area contributed by atoms with Gasteiger partial charge >= 0.3 is 0 Å². The molecule has 0 aliphatic rings. The largest absolute Gasteiger partial charge is 0.504 e. The lowest BCUT2D eigenvalue weighted by Crippen LogP contribution is -2.13. The highest BCUT2D eigenvalue weighted by Crippen LogP contribution is 2.27. The van der Waals surface area contributed by atoms with Gasteiger partial charge in [0.1, 0.15) is 5.78 Å². The zero-order valence-electron chi connectivity index (χ0n) is 14.4. The van der Waals surface area contributed by atoms with E-state index in [-0.39, 0.29) is 18.0 Å². The number of carbonyl (C=O) groups is 1. The molecule has 1 aromatic rings. The van der Waals surface area contributed by atoms with Gasteiger partial charge in [-0.3, -0.25) is 4.79 Å². The molecule has 0 amide bonds. The number of rotatable bonds is 12. The number of Topliss-reactive ketones (excluding diaryl/α,β-unsaturated/α-hetero) is 1. The Hall–Kier alpha value is -1.55. The van der Waals surface area contributed by atoms with Gasteiger partial charge in [-0.15, -0.1) is 0 Å². The number of hydrogen-bond donors (Lipinski definition) is 2. The summed E-state index contributed by atoms with van der Waals surface area (Å²) in [6.45, 7) is 4.69. The van der Waals surface area contributed by atoms with Crippen LogP contribution in [0.25, 0.3) is 0 Å². The van der Waals surface area contributed by atoms with Crippen LogP contribution in [0.4, 0.5) is 0 Å². The second kappa shape index (κ2) is 11.1. The number of benzene rings is 1. The Kier molecular flexibility index (Phi) is 9.37. The van der Waals surface area contributed by atoms with Gasteiger partial charge in [0.15, 0.2) is 11.5 Å². The third-order valence-electron chi connectivity index (χ3n) is 3.78. The number of ether oxygens (including phenoxy) is 1. The first kappa shape index (κ1) is 19.5. The van der Waals surface area contributed by atoms with Crippen molar-refractivity contribution in [2.24, 2.45) is 0 Å². The molecule has 1 atom stereocenters. The molecule has 2 N–H and O–H groups in total. The van der Waals surface area contributed by atoms with Crippen molar-refractivity contribution in [2.45, 2.75) is 71.3 Å². The number of aryl methyl sites for hydroxylation is 1. The molecule has 1 rings (SSSR count). The van der Waals surface area contributed by atoms with Crippen molar-refractivity contribution in [3.05, 3.63) is 23.8 Å². The molecule has 0 spiro atoms. The maximum atomic E-state index is 11.9. The maximum absolute atomic E-state index is 11.9. The minimum Gasteiger partial charge on any atom is -0.504 e. The van der Waals surface area contributed by atoms with Crippen LogP contribution in [-0.2, 0) is 11.2 Å². The minimum atomic E-state index is -0.521. The molecule has 0 saturated heterocycles. The van der Waals surface area contributed by atoms with Gasteiger partial charge in [0, 0.05) is 12.8 Å². The molecule has 1 unspecified atom stereocenters. The van der Waals surface area contributed by atoms with E-state index in [1.165, 1.54) is 0 Å². The average molecular weight is 322 g/mol. The van der Waals surface area contributed by atoms with Crippen LogP contribution in [0.2, 0.25) is 0 Å². The molecule has 0 saturated carbocycles. The Bertz CT molecular complexity index is 470. The molecule has 1 aromatic carbocycles. The van der Waals surface area contributed by atoms with Crippen molar-refractivity contribution >= 4 is 5.78 Å². The summed E-state index contributed by atoms with van der Waals surface area (Å²) in [7, 11) is 0. The van der Waals surface area contributed by atoms with Crippen LogP contribution in [0.3, 0.4) is 0 Å². The highest BCUT2D eigenvalue weighted by molar-refractivity contribution is 5.79. The van der Waals surface area contributed by atoms with E-state index in [0.29, 0.717) is 31.6 Å². The lowest BCUT2D eigenvalue weighted by Gasteiger charge is -2.10. The Morgan fingerprint density at radius 3 is 2.65 bits per heavy atom. The van der Waals surface area contributed by atoms with Gasteiger partial charge in [0.05, 0.1) is 12.7 Å². The SMILES string of the molecule is CCCCCC(O)CC(=O)CCc1ccc(OCCC)c(O)c1. The van der Waals surface area contributed by atoms with Gasteiger partial charge in [0.25, 0.3) is 0 Å². The van der Waals surface area contributed by atoms with E-state index < -0.39 is 6.10 Å². The number of aliphatic hydroxyl groups excluding tert-OH is 1. The normalized spacial score (nSPS) is 12.1. The number of hydrogen-bond acceptors (Lipinski definition) is 4. The van der Waals surface area contributed by atoms with E-state index in [4.69, 9.17) is 4.74 Å². The van der Waals surface area contributed by atoms with Crippen LogP contribution in [-0.4, -0.2) is 28.7 Å². The molecule has 0 aliphatic carbocycles. The quantitative estimate of drug-likeness (QED) is 0.571. The fourth-order valence-corrected chi connectivity index (χ4v) is 2.43. The first-order valence-electron chi connectivity index (χ1n) is 8.71. The third kappa shape index (κ3) is 8.03. The summed E-state index contributed by atoms with van der Waals surface area (Å²) in [6, 6.07) is 5.26. The molecule has 4 heteroatoms. The summed E-state index contributed by atoms with van der Waals surface area (Å²) >= 11 is 0. The van der Waals surface area contributed by atoms with E-state index in [0.717, 1.165) is 31.2 Å². The fourth-order valence-electron chi connectivity index (χ4n) is 2.43. The van der Waals surface area contributed by atoms with Gasteiger partial charge < -0.3 is 14.9 Å². The summed E-state index contributed by atoms with van der Waals surface area (Å²) in [4.78, 5) is 11.9. The monoisotopic (exact) mass is 322 g/mol. The molecule has 130 valence electrons. The Morgan fingerprint density at radius 1 is 1.22 bits per heavy atom. The molecule has 0 heterocycles. The fraction of sp³-hybridized carbons (Fsp3) is 0.632. The smallest absolute Gasteiger partial charge is 0.160 e. The van der Waals surface area contributed by atoms with E-state index in [2.05, 4.69) is 6.92 Å². The van der Waals surface area contributed by atoms with Crippen LogP contribution < -0.4 is 4.74 Å². The van der Waals surface area contributed by atoms with Gasteiger partial charge in [-0.2, -0.15) is 0 Å². The van der Waals surface area contributed by atoms with Crippen LogP contribution in [0.15, 0.2) is 18.2 Å². The lowest BCUT2D eigenvalue weighted by atomic mass is 10.0. The highest BCUT2D eigenvalue weighted by Gasteiger charge is 2.11. The van der Waals surface area contributed by atoms with Crippen molar-refractivity contribution in [1.82, 2.24) is 0 Å². The summed E-state index contributed by atoms with van der Waals surface area (Å²) in [5, 5.41) is 19.7. The van der Waals surface area contributed by atoms with Crippen molar-refractivity contribution < 1.29 is 19.7 Å².